The Kier molecular flexibility index (Phi) is 5.56. The average molecular weight is 415 g/mol. The summed E-state index contributed by atoms with van der Waals surface area (Å²) in [4.78, 5) is 49.5. The Bertz CT molecular complexity index is 992. The summed E-state index contributed by atoms with van der Waals surface area (Å²) in [5.74, 6) is -1.31. The van der Waals surface area contributed by atoms with Crippen LogP contribution in [0.5, 0.6) is 0 Å². The maximum Gasteiger partial charge on any atom is 0.325 e. The molecule has 0 spiro atoms. The second kappa shape index (κ2) is 7.92. The highest BCUT2D eigenvalue weighted by Gasteiger charge is 2.50. The third-order valence-electron chi connectivity index (χ3n) is 4.48. The Balaban J connectivity index is 1.69. The summed E-state index contributed by atoms with van der Waals surface area (Å²) >= 11 is 6.18. The van der Waals surface area contributed by atoms with E-state index in [1.54, 1.807) is 55.5 Å². The summed E-state index contributed by atoms with van der Waals surface area (Å²) in [6.07, 6.45) is 0. The Labute approximate surface area is 172 Å². The molecule has 0 aliphatic carbocycles. The van der Waals surface area contributed by atoms with Gasteiger partial charge < -0.3 is 16.0 Å². The number of nitrogens with one attached hydrogen (secondary N) is 3. The summed E-state index contributed by atoms with van der Waals surface area (Å²) in [5.41, 5.74) is 0.150. The van der Waals surface area contributed by atoms with Crippen molar-refractivity contribution in [1.82, 2.24) is 10.2 Å². The highest BCUT2D eigenvalue weighted by molar-refractivity contribution is 6.32. The fourth-order valence-electron chi connectivity index (χ4n) is 3.07. The van der Waals surface area contributed by atoms with Crippen LogP contribution in [0.1, 0.15) is 19.4 Å². The molecule has 1 aliphatic rings. The van der Waals surface area contributed by atoms with Crippen molar-refractivity contribution in [1.29, 1.82) is 0 Å². The molecule has 1 fully saturated rings. The summed E-state index contributed by atoms with van der Waals surface area (Å²) in [7, 11) is 0. The van der Waals surface area contributed by atoms with Gasteiger partial charge in [0.25, 0.3) is 5.91 Å². The third kappa shape index (κ3) is 4.22. The molecule has 3 N–H and O–H groups in total. The molecule has 2 aromatic carbocycles. The molecule has 1 aliphatic heterocycles. The molecule has 0 aromatic heterocycles. The van der Waals surface area contributed by atoms with Crippen LogP contribution < -0.4 is 16.0 Å². The molecule has 3 rings (SSSR count). The van der Waals surface area contributed by atoms with Crippen molar-refractivity contribution in [2.75, 3.05) is 17.2 Å². The molecule has 1 unspecified atom stereocenters. The summed E-state index contributed by atoms with van der Waals surface area (Å²) in [6.45, 7) is 2.50. The van der Waals surface area contributed by atoms with Gasteiger partial charge in [-0.3, -0.25) is 19.3 Å². The molecule has 1 heterocycles. The van der Waals surface area contributed by atoms with Gasteiger partial charge in [0.1, 0.15) is 12.1 Å². The Morgan fingerprint density at radius 3 is 2.21 bits per heavy atom. The van der Waals surface area contributed by atoms with Crippen LogP contribution in [0.3, 0.4) is 0 Å². The molecule has 1 atom stereocenters. The zero-order valence-corrected chi connectivity index (χ0v) is 16.5. The van der Waals surface area contributed by atoms with Crippen LogP contribution in [0, 0.1) is 0 Å². The van der Waals surface area contributed by atoms with Gasteiger partial charge in [0.15, 0.2) is 0 Å². The molecule has 9 heteroatoms. The fourth-order valence-corrected chi connectivity index (χ4v) is 3.40. The summed E-state index contributed by atoms with van der Waals surface area (Å²) in [6, 6.07) is 12.5. The minimum Gasteiger partial charge on any atom is -0.326 e. The highest BCUT2D eigenvalue weighted by Crippen LogP contribution is 2.33. The van der Waals surface area contributed by atoms with Crippen molar-refractivity contribution in [2.45, 2.75) is 19.4 Å². The number of hydrogen-bond acceptors (Lipinski definition) is 4. The first-order valence-electron chi connectivity index (χ1n) is 8.77. The number of amides is 5. The predicted molar refractivity (Wildman–Crippen MR) is 108 cm³/mol. The minimum absolute atomic E-state index is 0.207. The van der Waals surface area contributed by atoms with Crippen molar-refractivity contribution in [3.05, 3.63) is 59.1 Å². The highest BCUT2D eigenvalue weighted by atomic mass is 35.5. The van der Waals surface area contributed by atoms with Crippen molar-refractivity contribution >= 4 is 46.7 Å². The molecule has 2 aromatic rings. The van der Waals surface area contributed by atoms with E-state index in [2.05, 4.69) is 16.0 Å². The standard InChI is InChI=1S/C20H19ClN4O4/c1-12(26)22-13-7-9-14(10-8-13)23-17(27)11-25-18(28)20(2,24-19(25)29)15-5-3-4-6-16(15)21/h3-10H,11H2,1-2H3,(H,22,26)(H,23,27)(H,24,29). The molecule has 0 radical (unpaired) electrons. The van der Waals surface area contributed by atoms with E-state index in [1.165, 1.54) is 6.92 Å². The molecular weight excluding hydrogens is 396 g/mol. The zero-order valence-electron chi connectivity index (χ0n) is 15.8. The number of rotatable bonds is 5. The number of urea groups is 1. The lowest BCUT2D eigenvalue weighted by molar-refractivity contribution is -0.133. The van der Waals surface area contributed by atoms with E-state index < -0.39 is 29.9 Å². The Morgan fingerprint density at radius 1 is 1.03 bits per heavy atom. The molecule has 0 bridgehead atoms. The van der Waals surface area contributed by atoms with Crippen molar-refractivity contribution in [3.8, 4) is 0 Å². The quantitative estimate of drug-likeness (QED) is 0.653. The van der Waals surface area contributed by atoms with E-state index in [-0.39, 0.29) is 5.91 Å². The van der Waals surface area contributed by atoms with E-state index in [0.29, 0.717) is 22.0 Å². The second-order valence-electron chi connectivity index (χ2n) is 6.73. The van der Waals surface area contributed by atoms with Crippen LogP contribution in [0.15, 0.2) is 48.5 Å². The smallest absolute Gasteiger partial charge is 0.325 e. The normalized spacial score (nSPS) is 18.4. The van der Waals surface area contributed by atoms with Crippen LogP contribution >= 0.6 is 11.6 Å². The largest absolute Gasteiger partial charge is 0.326 e. The molecule has 8 nitrogen and oxygen atoms in total. The van der Waals surface area contributed by atoms with Crippen molar-refractivity contribution in [2.24, 2.45) is 0 Å². The monoisotopic (exact) mass is 414 g/mol. The number of carbonyl (C=O) groups is 4. The Morgan fingerprint density at radius 2 is 1.62 bits per heavy atom. The van der Waals surface area contributed by atoms with Gasteiger partial charge in [-0.2, -0.15) is 0 Å². The van der Waals surface area contributed by atoms with E-state index >= 15 is 0 Å². The van der Waals surface area contributed by atoms with Crippen LogP contribution in [0.2, 0.25) is 5.02 Å². The number of anilines is 2. The predicted octanol–water partition coefficient (Wildman–Crippen LogP) is 2.70. The SMILES string of the molecule is CC(=O)Nc1ccc(NC(=O)CN2C(=O)NC(C)(c3ccccc3Cl)C2=O)cc1. The van der Waals surface area contributed by atoms with Crippen LogP contribution in [-0.2, 0) is 19.9 Å². The summed E-state index contributed by atoms with van der Waals surface area (Å²) < 4.78 is 0. The molecule has 150 valence electrons. The van der Waals surface area contributed by atoms with Gasteiger partial charge in [0.05, 0.1) is 0 Å². The van der Waals surface area contributed by atoms with E-state index in [0.717, 1.165) is 4.90 Å². The number of imide groups is 1. The first kappa shape index (κ1) is 20.3. The summed E-state index contributed by atoms with van der Waals surface area (Å²) in [5, 5.41) is 8.19. The van der Waals surface area contributed by atoms with E-state index in [1.807, 2.05) is 0 Å². The first-order chi connectivity index (χ1) is 13.7. The van der Waals surface area contributed by atoms with Gasteiger partial charge in [0.2, 0.25) is 11.8 Å². The van der Waals surface area contributed by atoms with Gasteiger partial charge in [0, 0.05) is 28.9 Å². The van der Waals surface area contributed by atoms with E-state index in [9.17, 15) is 19.2 Å². The number of nitrogens with zero attached hydrogens (tertiary/aromatic N) is 1. The number of halogens is 1. The maximum absolute atomic E-state index is 12.9. The molecule has 5 amide bonds. The van der Waals surface area contributed by atoms with Gasteiger partial charge in [-0.05, 0) is 37.3 Å². The van der Waals surface area contributed by atoms with Gasteiger partial charge >= 0.3 is 6.03 Å². The lowest BCUT2D eigenvalue weighted by Crippen LogP contribution is -2.42. The maximum atomic E-state index is 12.9. The second-order valence-corrected chi connectivity index (χ2v) is 7.14. The minimum atomic E-state index is -1.35. The van der Waals surface area contributed by atoms with E-state index in [4.69, 9.17) is 11.6 Å². The van der Waals surface area contributed by atoms with Gasteiger partial charge in [-0.25, -0.2) is 4.79 Å². The van der Waals surface area contributed by atoms with Crippen LogP contribution in [-0.4, -0.2) is 35.2 Å². The average Bonchev–Trinajstić information content (AvgIpc) is 2.87. The van der Waals surface area contributed by atoms with Crippen LogP contribution in [0.4, 0.5) is 16.2 Å². The molecule has 1 saturated heterocycles. The van der Waals surface area contributed by atoms with Crippen molar-refractivity contribution < 1.29 is 19.2 Å². The number of hydrogen-bond donors (Lipinski definition) is 3. The van der Waals surface area contributed by atoms with Crippen LogP contribution in [0.25, 0.3) is 0 Å². The third-order valence-corrected chi connectivity index (χ3v) is 4.81. The number of carbonyl (C=O) groups excluding carboxylic acids is 4. The number of benzene rings is 2. The Hall–Kier alpha value is -3.39. The van der Waals surface area contributed by atoms with Gasteiger partial charge in [-0.1, -0.05) is 29.8 Å². The van der Waals surface area contributed by atoms with Crippen molar-refractivity contribution in [3.63, 3.8) is 0 Å². The lowest BCUT2D eigenvalue weighted by atomic mass is 9.92. The fraction of sp³-hybridized carbons (Fsp3) is 0.200. The molecular formula is C20H19ClN4O4. The molecule has 0 saturated carbocycles. The topological polar surface area (TPSA) is 108 Å². The van der Waals surface area contributed by atoms with Gasteiger partial charge in [-0.15, -0.1) is 0 Å². The lowest BCUT2D eigenvalue weighted by Gasteiger charge is -2.23. The first-order valence-corrected chi connectivity index (χ1v) is 9.15. The zero-order chi connectivity index (χ0) is 21.2. The molecule has 29 heavy (non-hydrogen) atoms.